The monoisotopic (exact) mass is 470 g/mol. The highest BCUT2D eigenvalue weighted by molar-refractivity contribution is 5.98. The largest absolute Gasteiger partial charge is 0.489 e. The van der Waals surface area contributed by atoms with Gasteiger partial charge in [0.25, 0.3) is 5.56 Å². The normalized spacial score (nSPS) is 11.8. The molecule has 0 bridgehead atoms. The van der Waals surface area contributed by atoms with Gasteiger partial charge in [-0.25, -0.2) is 9.89 Å². The van der Waals surface area contributed by atoms with Crippen molar-refractivity contribution in [3.8, 4) is 17.1 Å². The number of carbonyl (C=O) groups excluding carboxylic acids is 1. The standard InChI is InChI=1S/C24H34N6O4/c1-8-9-12-33-19-18-13-16(20-25-27-28-26-20)10-11-17(18)22(31)30(14-15(2)3)21(19)29(7)23(32)34-24(4,5)6/h10-11,13,15H,8-9,12,14H2,1-7H3,(H,25,26,27,28). The van der Waals surface area contributed by atoms with E-state index in [1.807, 2.05) is 19.9 Å². The van der Waals surface area contributed by atoms with Crippen molar-refractivity contribution in [3.05, 3.63) is 28.6 Å². The Morgan fingerprint density at radius 2 is 1.97 bits per heavy atom. The van der Waals surface area contributed by atoms with Crippen molar-refractivity contribution in [1.82, 2.24) is 25.2 Å². The number of carbonyl (C=O) groups is 1. The highest BCUT2D eigenvalue weighted by atomic mass is 16.6. The van der Waals surface area contributed by atoms with Crippen molar-refractivity contribution >= 4 is 22.7 Å². The number of rotatable bonds is 8. The Balaban J connectivity index is 2.31. The van der Waals surface area contributed by atoms with Gasteiger partial charge in [0.05, 0.1) is 12.0 Å². The topological polar surface area (TPSA) is 115 Å². The van der Waals surface area contributed by atoms with Gasteiger partial charge in [-0.05, 0) is 55.7 Å². The number of H-pyrrole nitrogens is 1. The number of fused-ring (bicyclic) bond motifs is 1. The minimum atomic E-state index is -0.693. The van der Waals surface area contributed by atoms with E-state index in [9.17, 15) is 9.59 Å². The van der Waals surface area contributed by atoms with Gasteiger partial charge in [0.1, 0.15) is 5.60 Å². The summed E-state index contributed by atoms with van der Waals surface area (Å²) in [6.45, 7) is 12.4. The van der Waals surface area contributed by atoms with Crippen LogP contribution in [0.25, 0.3) is 22.2 Å². The third kappa shape index (κ3) is 5.55. The van der Waals surface area contributed by atoms with E-state index >= 15 is 0 Å². The van der Waals surface area contributed by atoms with Gasteiger partial charge in [0.2, 0.25) is 0 Å². The van der Waals surface area contributed by atoms with Crippen LogP contribution in [0.3, 0.4) is 0 Å². The van der Waals surface area contributed by atoms with Gasteiger partial charge in [-0.3, -0.25) is 14.3 Å². The lowest BCUT2D eigenvalue weighted by molar-refractivity contribution is 0.0585. The fourth-order valence-corrected chi connectivity index (χ4v) is 3.58. The quantitative estimate of drug-likeness (QED) is 0.486. The number of hydrogen-bond donors (Lipinski definition) is 1. The van der Waals surface area contributed by atoms with Crippen LogP contribution in [-0.4, -0.2) is 50.5 Å². The smallest absolute Gasteiger partial charge is 0.415 e. The second-order valence-electron chi connectivity index (χ2n) is 9.71. The number of aromatic nitrogens is 5. The molecular weight excluding hydrogens is 436 g/mol. The maximum absolute atomic E-state index is 13.7. The molecule has 2 heterocycles. The molecule has 10 heteroatoms. The van der Waals surface area contributed by atoms with E-state index in [0.717, 1.165) is 12.8 Å². The number of hydrogen-bond acceptors (Lipinski definition) is 7. The lowest BCUT2D eigenvalue weighted by atomic mass is 10.1. The molecule has 0 saturated carbocycles. The second kappa shape index (κ2) is 10.2. The number of nitrogens with zero attached hydrogens (tertiary/aromatic N) is 5. The molecular formula is C24H34N6O4. The van der Waals surface area contributed by atoms with Crippen molar-refractivity contribution in [1.29, 1.82) is 0 Å². The minimum absolute atomic E-state index is 0.156. The van der Waals surface area contributed by atoms with E-state index in [2.05, 4.69) is 27.5 Å². The van der Waals surface area contributed by atoms with Gasteiger partial charge < -0.3 is 9.47 Å². The lowest BCUT2D eigenvalue weighted by Gasteiger charge is -2.29. The number of pyridine rings is 1. The fraction of sp³-hybridized carbons (Fsp3) is 0.542. The number of unbranched alkanes of at least 4 members (excludes halogenated alkanes) is 1. The van der Waals surface area contributed by atoms with Crippen molar-refractivity contribution in [2.75, 3.05) is 18.6 Å². The van der Waals surface area contributed by atoms with Gasteiger partial charge in [0, 0.05) is 24.5 Å². The number of amides is 1. The third-order valence-electron chi connectivity index (χ3n) is 5.09. The summed E-state index contributed by atoms with van der Waals surface area (Å²) in [5.74, 6) is 1.44. The van der Waals surface area contributed by atoms with Gasteiger partial charge in [0.15, 0.2) is 17.4 Å². The Morgan fingerprint density at radius 3 is 2.56 bits per heavy atom. The second-order valence-corrected chi connectivity index (χ2v) is 9.71. The van der Waals surface area contributed by atoms with Gasteiger partial charge in [-0.2, -0.15) is 0 Å². The molecule has 0 aliphatic carbocycles. The van der Waals surface area contributed by atoms with Gasteiger partial charge in [-0.1, -0.05) is 33.3 Å². The van der Waals surface area contributed by atoms with Crippen molar-refractivity contribution < 1.29 is 14.3 Å². The first-order valence-corrected chi connectivity index (χ1v) is 11.6. The zero-order valence-electron chi connectivity index (χ0n) is 21.0. The summed E-state index contributed by atoms with van der Waals surface area (Å²) < 4.78 is 13.5. The molecule has 1 aromatic carbocycles. The predicted molar refractivity (Wildman–Crippen MR) is 131 cm³/mol. The van der Waals surface area contributed by atoms with Crippen LogP contribution in [0.4, 0.5) is 10.6 Å². The van der Waals surface area contributed by atoms with Crippen LogP contribution in [0.1, 0.15) is 54.4 Å². The zero-order valence-corrected chi connectivity index (χ0v) is 21.0. The number of benzene rings is 1. The fourth-order valence-electron chi connectivity index (χ4n) is 3.58. The molecule has 2 aromatic heterocycles. The predicted octanol–water partition coefficient (Wildman–Crippen LogP) is 4.39. The van der Waals surface area contributed by atoms with E-state index < -0.39 is 11.7 Å². The number of nitrogens with one attached hydrogen (secondary N) is 1. The summed E-state index contributed by atoms with van der Waals surface area (Å²) in [4.78, 5) is 28.1. The van der Waals surface area contributed by atoms with E-state index in [1.165, 1.54) is 4.90 Å². The Bertz CT molecular complexity index is 1190. The summed E-state index contributed by atoms with van der Waals surface area (Å²) in [7, 11) is 1.60. The SMILES string of the molecule is CCCCOc1c(N(C)C(=O)OC(C)(C)C)n(CC(C)C)c(=O)c2ccc(-c3nnn[nH]3)cc12. The molecule has 0 fully saturated rings. The summed E-state index contributed by atoms with van der Waals surface area (Å²) in [5, 5.41) is 15.1. The Morgan fingerprint density at radius 1 is 1.24 bits per heavy atom. The van der Waals surface area contributed by atoms with Crippen LogP contribution in [-0.2, 0) is 11.3 Å². The number of aromatic amines is 1. The number of tetrazole rings is 1. The molecule has 1 amide bonds. The van der Waals surface area contributed by atoms with Crippen molar-refractivity contribution in [2.45, 2.75) is 66.5 Å². The van der Waals surface area contributed by atoms with Crippen LogP contribution >= 0.6 is 0 Å². The molecule has 3 aromatic rings. The molecule has 3 rings (SSSR count). The highest BCUT2D eigenvalue weighted by Gasteiger charge is 2.28. The molecule has 34 heavy (non-hydrogen) atoms. The highest BCUT2D eigenvalue weighted by Crippen LogP contribution is 2.37. The van der Waals surface area contributed by atoms with E-state index in [1.54, 1.807) is 44.5 Å². The molecule has 1 N–H and O–H groups in total. The molecule has 0 saturated heterocycles. The molecule has 0 atom stereocenters. The molecule has 10 nitrogen and oxygen atoms in total. The van der Waals surface area contributed by atoms with Crippen molar-refractivity contribution in [2.24, 2.45) is 5.92 Å². The summed E-state index contributed by atoms with van der Waals surface area (Å²) in [5.41, 5.74) is -0.204. The Labute approximate surface area is 199 Å². The number of anilines is 1. The van der Waals surface area contributed by atoms with Crippen LogP contribution in [0, 0.1) is 5.92 Å². The third-order valence-corrected chi connectivity index (χ3v) is 5.09. The van der Waals surface area contributed by atoms with E-state index in [4.69, 9.17) is 9.47 Å². The maximum Gasteiger partial charge on any atom is 0.415 e. The average molecular weight is 471 g/mol. The minimum Gasteiger partial charge on any atom is -0.489 e. The molecule has 184 valence electrons. The lowest BCUT2D eigenvalue weighted by Crippen LogP contribution is -2.38. The molecule has 0 radical (unpaired) electrons. The Hall–Kier alpha value is -3.43. The molecule has 0 spiro atoms. The van der Waals surface area contributed by atoms with Crippen LogP contribution in [0.5, 0.6) is 5.75 Å². The van der Waals surface area contributed by atoms with Crippen LogP contribution < -0.4 is 15.2 Å². The van der Waals surface area contributed by atoms with Gasteiger partial charge >= 0.3 is 6.09 Å². The summed E-state index contributed by atoms with van der Waals surface area (Å²) >= 11 is 0. The van der Waals surface area contributed by atoms with Crippen molar-refractivity contribution in [3.63, 3.8) is 0 Å². The summed E-state index contributed by atoms with van der Waals surface area (Å²) in [6, 6.07) is 5.35. The van der Waals surface area contributed by atoms with E-state index in [-0.39, 0.29) is 11.5 Å². The molecule has 0 unspecified atom stereocenters. The summed E-state index contributed by atoms with van der Waals surface area (Å²) in [6.07, 6.45) is 1.20. The first-order chi connectivity index (χ1) is 16.0. The van der Waals surface area contributed by atoms with Crippen LogP contribution in [0.2, 0.25) is 0 Å². The average Bonchev–Trinajstić information content (AvgIpc) is 3.29. The first kappa shape index (κ1) is 25.2. The zero-order chi connectivity index (χ0) is 25.0. The first-order valence-electron chi connectivity index (χ1n) is 11.6. The molecule has 0 aliphatic heterocycles. The van der Waals surface area contributed by atoms with Gasteiger partial charge in [-0.15, -0.1) is 5.10 Å². The van der Waals surface area contributed by atoms with Crippen LogP contribution in [0.15, 0.2) is 23.0 Å². The number of ether oxygens (including phenoxy) is 2. The maximum atomic E-state index is 13.7. The Kier molecular flexibility index (Phi) is 7.58. The van der Waals surface area contributed by atoms with E-state index in [0.29, 0.717) is 46.9 Å². The molecule has 0 aliphatic rings.